The van der Waals surface area contributed by atoms with Crippen molar-refractivity contribution in [2.45, 2.75) is 26.3 Å². The molecule has 1 N–H and O–H groups in total. The number of aliphatic hydroxyl groups is 1. The van der Waals surface area contributed by atoms with Gasteiger partial charge in [0.1, 0.15) is 6.61 Å². The first-order valence-corrected chi connectivity index (χ1v) is 4.07. The number of hydrogen-bond acceptors (Lipinski definition) is 2. The molecule has 1 saturated heterocycles. The summed E-state index contributed by atoms with van der Waals surface area (Å²) in [6.07, 6.45) is 1.06. The van der Waals surface area contributed by atoms with E-state index in [4.69, 9.17) is 5.11 Å². The average molecular weight is 157 g/mol. The summed E-state index contributed by atoms with van der Waals surface area (Å²) in [4.78, 5) is 12.8. The highest BCUT2D eigenvalue weighted by atomic mass is 16.3. The molecule has 1 aliphatic rings. The van der Waals surface area contributed by atoms with Gasteiger partial charge < -0.3 is 10.0 Å². The van der Waals surface area contributed by atoms with Crippen LogP contribution in [0.3, 0.4) is 0 Å². The molecule has 0 bridgehead atoms. The monoisotopic (exact) mass is 157 g/mol. The van der Waals surface area contributed by atoms with Crippen molar-refractivity contribution in [3.05, 3.63) is 0 Å². The van der Waals surface area contributed by atoms with Gasteiger partial charge in [0.05, 0.1) is 0 Å². The van der Waals surface area contributed by atoms with E-state index < -0.39 is 0 Å². The molecule has 0 spiro atoms. The van der Waals surface area contributed by atoms with Crippen molar-refractivity contribution in [1.82, 2.24) is 4.90 Å². The molecule has 1 amide bonds. The van der Waals surface area contributed by atoms with Gasteiger partial charge in [0.15, 0.2) is 0 Å². The quantitative estimate of drug-likeness (QED) is 0.592. The largest absolute Gasteiger partial charge is 0.387 e. The maximum absolute atomic E-state index is 11.0. The lowest BCUT2D eigenvalue weighted by Crippen LogP contribution is -2.37. The Morgan fingerprint density at radius 3 is 2.64 bits per heavy atom. The number of rotatable bonds is 1. The number of carbonyl (C=O) groups is 1. The summed E-state index contributed by atoms with van der Waals surface area (Å²) in [6, 6.07) is 0.301. The predicted molar refractivity (Wildman–Crippen MR) is 42.0 cm³/mol. The third kappa shape index (κ3) is 1.53. The third-order valence-corrected chi connectivity index (χ3v) is 2.60. The Bertz CT molecular complexity index is 158. The number of nitrogens with zero attached hydrogens (tertiary/aromatic N) is 1. The molecule has 0 radical (unpaired) electrons. The fraction of sp³-hybridized carbons (Fsp3) is 0.875. The Hall–Kier alpha value is -0.570. The Morgan fingerprint density at radius 2 is 2.27 bits per heavy atom. The minimum atomic E-state index is -0.350. The molecule has 1 fully saturated rings. The van der Waals surface area contributed by atoms with E-state index in [0.717, 1.165) is 13.0 Å². The van der Waals surface area contributed by atoms with Gasteiger partial charge in [0, 0.05) is 12.6 Å². The van der Waals surface area contributed by atoms with Gasteiger partial charge in [-0.3, -0.25) is 4.79 Å². The number of amides is 1. The van der Waals surface area contributed by atoms with Gasteiger partial charge in [-0.2, -0.15) is 0 Å². The molecular weight excluding hydrogens is 142 g/mol. The number of aliphatic hydroxyl groups excluding tert-OH is 1. The fourth-order valence-electron chi connectivity index (χ4n) is 1.54. The minimum absolute atomic E-state index is 0.137. The second-order valence-corrected chi connectivity index (χ2v) is 3.25. The fourth-order valence-corrected chi connectivity index (χ4v) is 1.54. The van der Waals surface area contributed by atoms with Crippen molar-refractivity contribution < 1.29 is 9.90 Å². The Balaban J connectivity index is 2.54. The van der Waals surface area contributed by atoms with Crippen molar-refractivity contribution in [3.8, 4) is 0 Å². The standard InChI is InChI=1S/C8H15NO2/c1-6-3-4-9(7(6)2)8(11)5-10/h6-7,10H,3-5H2,1-2H3. The van der Waals surface area contributed by atoms with Crippen molar-refractivity contribution >= 4 is 5.91 Å². The van der Waals surface area contributed by atoms with Crippen molar-refractivity contribution in [3.63, 3.8) is 0 Å². The van der Waals surface area contributed by atoms with Gasteiger partial charge in [-0.05, 0) is 19.3 Å². The van der Waals surface area contributed by atoms with E-state index in [0.29, 0.717) is 12.0 Å². The second-order valence-electron chi connectivity index (χ2n) is 3.25. The molecule has 3 nitrogen and oxygen atoms in total. The van der Waals surface area contributed by atoms with E-state index in [1.165, 1.54) is 0 Å². The molecule has 11 heavy (non-hydrogen) atoms. The van der Waals surface area contributed by atoms with Crippen LogP contribution >= 0.6 is 0 Å². The number of carbonyl (C=O) groups excluding carboxylic acids is 1. The molecule has 2 atom stereocenters. The van der Waals surface area contributed by atoms with E-state index in [1.807, 2.05) is 6.92 Å². The highest BCUT2D eigenvalue weighted by Crippen LogP contribution is 2.22. The maximum atomic E-state index is 11.0. The van der Waals surface area contributed by atoms with Crippen LogP contribution in [0, 0.1) is 5.92 Å². The van der Waals surface area contributed by atoms with Gasteiger partial charge in [0.2, 0.25) is 5.91 Å². The summed E-state index contributed by atoms with van der Waals surface area (Å²) in [6.45, 7) is 4.62. The van der Waals surface area contributed by atoms with Gasteiger partial charge >= 0.3 is 0 Å². The van der Waals surface area contributed by atoms with Crippen LogP contribution in [0.5, 0.6) is 0 Å². The molecule has 1 aliphatic heterocycles. The summed E-state index contributed by atoms with van der Waals surface area (Å²) in [5, 5.41) is 8.61. The molecule has 2 unspecified atom stereocenters. The number of likely N-dealkylation sites (tertiary alicyclic amines) is 1. The van der Waals surface area contributed by atoms with Crippen LogP contribution in [-0.2, 0) is 4.79 Å². The van der Waals surface area contributed by atoms with Crippen LogP contribution in [0.15, 0.2) is 0 Å². The van der Waals surface area contributed by atoms with Crippen LogP contribution in [0.25, 0.3) is 0 Å². The van der Waals surface area contributed by atoms with Crippen LogP contribution < -0.4 is 0 Å². The Morgan fingerprint density at radius 1 is 1.64 bits per heavy atom. The highest BCUT2D eigenvalue weighted by molar-refractivity contribution is 5.77. The van der Waals surface area contributed by atoms with Crippen LogP contribution in [0.1, 0.15) is 20.3 Å². The van der Waals surface area contributed by atoms with Gasteiger partial charge in [-0.25, -0.2) is 0 Å². The third-order valence-electron chi connectivity index (χ3n) is 2.60. The highest BCUT2D eigenvalue weighted by Gasteiger charge is 2.29. The molecule has 1 heterocycles. The smallest absolute Gasteiger partial charge is 0.248 e. The Kier molecular flexibility index (Phi) is 2.49. The zero-order chi connectivity index (χ0) is 8.43. The lowest BCUT2D eigenvalue weighted by Gasteiger charge is -2.22. The van der Waals surface area contributed by atoms with E-state index in [-0.39, 0.29) is 12.5 Å². The molecular formula is C8H15NO2. The van der Waals surface area contributed by atoms with Crippen molar-refractivity contribution in [2.24, 2.45) is 5.92 Å². The predicted octanol–water partition coefficient (Wildman–Crippen LogP) is 0.236. The van der Waals surface area contributed by atoms with Crippen molar-refractivity contribution in [2.75, 3.05) is 13.2 Å². The normalized spacial score (nSPS) is 31.0. The second kappa shape index (κ2) is 3.22. The maximum Gasteiger partial charge on any atom is 0.248 e. The van der Waals surface area contributed by atoms with E-state index in [1.54, 1.807) is 4.90 Å². The van der Waals surface area contributed by atoms with Crippen LogP contribution in [0.4, 0.5) is 0 Å². The zero-order valence-corrected chi connectivity index (χ0v) is 7.08. The first kappa shape index (κ1) is 8.53. The molecule has 0 aromatic rings. The van der Waals surface area contributed by atoms with E-state index in [9.17, 15) is 4.79 Å². The first-order chi connectivity index (χ1) is 5.16. The summed E-state index contributed by atoms with van der Waals surface area (Å²) in [7, 11) is 0. The van der Waals surface area contributed by atoms with Gasteiger partial charge in [0.25, 0.3) is 0 Å². The summed E-state index contributed by atoms with van der Waals surface area (Å²) >= 11 is 0. The van der Waals surface area contributed by atoms with Crippen LogP contribution in [-0.4, -0.2) is 35.1 Å². The lowest BCUT2D eigenvalue weighted by atomic mass is 10.1. The molecule has 64 valence electrons. The van der Waals surface area contributed by atoms with E-state index in [2.05, 4.69) is 6.92 Å². The lowest BCUT2D eigenvalue weighted by molar-refractivity contribution is -0.134. The molecule has 3 heteroatoms. The van der Waals surface area contributed by atoms with Crippen molar-refractivity contribution in [1.29, 1.82) is 0 Å². The summed E-state index contributed by atoms with van der Waals surface area (Å²) < 4.78 is 0. The zero-order valence-electron chi connectivity index (χ0n) is 7.08. The molecule has 0 saturated carbocycles. The molecule has 0 aromatic carbocycles. The van der Waals surface area contributed by atoms with E-state index >= 15 is 0 Å². The molecule has 0 aromatic heterocycles. The van der Waals surface area contributed by atoms with Gasteiger partial charge in [-0.1, -0.05) is 6.92 Å². The summed E-state index contributed by atoms with van der Waals surface area (Å²) in [5.74, 6) is 0.437. The molecule has 1 rings (SSSR count). The Labute approximate surface area is 67.0 Å². The summed E-state index contributed by atoms with van der Waals surface area (Å²) in [5.41, 5.74) is 0. The minimum Gasteiger partial charge on any atom is -0.387 e. The van der Waals surface area contributed by atoms with Crippen LogP contribution in [0.2, 0.25) is 0 Å². The number of hydrogen-bond donors (Lipinski definition) is 1. The topological polar surface area (TPSA) is 40.5 Å². The molecule has 0 aliphatic carbocycles. The average Bonchev–Trinajstić information content (AvgIpc) is 2.32. The SMILES string of the molecule is CC1CCN(C(=O)CO)C1C. The first-order valence-electron chi connectivity index (χ1n) is 4.07. The van der Waals surface area contributed by atoms with Gasteiger partial charge in [-0.15, -0.1) is 0 Å².